The molecule has 1 atom stereocenters. The van der Waals surface area contributed by atoms with Crippen molar-refractivity contribution in [2.24, 2.45) is 0 Å². The molecule has 0 saturated carbocycles. The summed E-state index contributed by atoms with van der Waals surface area (Å²) in [5, 5.41) is 2.73. The predicted octanol–water partition coefficient (Wildman–Crippen LogP) is 2.66. The molecule has 2 heterocycles. The van der Waals surface area contributed by atoms with Crippen LogP contribution in [0.1, 0.15) is 32.9 Å². The lowest BCUT2D eigenvalue weighted by Gasteiger charge is -2.22. The molecule has 0 radical (unpaired) electrons. The van der Waals surface area contributed by atoms with Gasteiger partial charge in [0.15, 0.2) is 5.69 Å². The van der Waals surface area contributed by atoms with Gasteiger partial charge in [0.2, 0.25) is 5.95 Å². The molecule has 10 heteroatoms. The van der Waals surface area contributed by atoms with E-state index in [0.29, 0.717) is 19.5 Å². The van der Waals surface area contributed by atoms with E-state index in [4.69, 9.17) is 4.74 Å². The number of amides is 1. The molecule has 0 aromatic carbocycles. The number of hydrogen-bond acceptors (Lipinski definition) is 6. The Morgan fingerprint density at radius 2 is 1.96 bits per heavy atom. The highest BCUT2D eigenvalue weighted by atomic mass is 19.4. The minimum Gasteiger partial charge on any atom is -0.444 e. The van der Waals surface area contributed by atoms with Gasteiger partial charge in [0.25, 0.3) is 0 Å². The van der Waals surface area contributed by atoms with Crippen molar-refractivity contribution in [1.29, 1.82) is 0 Å². The Hall–Kier alpha value is -2.26. The Morgan fingerprint density at radius 3 is 2.50 bits per heavy atom. The topological polar surface area (TPSA) is 70.6 Å². The molecule has 1 N–H and O–H groups in total. The van der Waals surface area contributed by atoms with E-state index in [1.807, 2.05) is 0 Å². The quantitative estimate of drug-likeness (QED) is 0.876. The van der Waals surface area contributed by atoms with E-state index in [2.05, 4.69) is 15.3 Å². The van der Waals surface area contributed by atoms with Gasteiger partial charge in [-0.25, -0.2) is 9.78 Å². The maximum absolute atomic E-state index is 13.1. The minimum atomic E-state index is -4.56. The molecule has 1 aliphatic heterocycles. The second kappa shape index (κ2) is 7.16. The van der Waals surface area contributed by atoms with Crippen LogP contribution in [0.3, 0.4) is 0 Å². The van der Waals surface area contributed by atoms with E-state index in [9.17, 15) is 18.0 Å². The zero-order chi connectivity index (χ0) is 19.7. The largest absolute Gasteiger partial charge is 0.444 e. The molecule has 1 aliphatic rings. The zero-order valence-electron chi connectivity index (χ0n) is 15.5. The monoisotopic (exact) mass is 375 g/mol. The highest BCUT2D eigenvalue weighted by Crippen LogP contribution is 2.31. The predicted molar refractivity (Wildman–Crippen MR) is 91.3 cm³/mol. The fourth-order valence-electron chi connectivity index (χ4n) is 2.47. The van der Waals surface area contributed by atoms with Crippen LogP contribution in [0.25, 0.3) is 0 Å². The Morgan fingerprint density at radius 1 is 1.31 bits per heavy atom. The van der Waals surface area contributed by atoms with E-state index in [-0.39, 0.29) is 17.8 Å². The molecular weight excluding hydrogens is 351 g/mol. The van der Waals surface area contributed by atoms with Gasteiger partial charge in [-0.05, 0) is 27.2 Å². The summed E-state index contributed by atoms with van der Waals surface area (Å²) in [6, 6.07) is 0.668. The Bertz CT molecular complexity index is 658. The third-order valence-electron chi connectivity index (χ3n) is 3.64. The van der Waals surface area contributed by atoms with Crippen LogP contribution in [0.5, 0.6) is 0 Å². The van der Waals surface area contributed by atoms with E-state index in [1.165, 1.54) is 4.90 Å². The van der Waals surface area contributed by atoms with Gasteiger partial charge in [-0.15, -0.1) is 0 Å². The van der Waals surface area contributed by atoms with Crippen molar-refractivity contribution < 1.29 is 22.7 Å². The third kappa shape index (κ3) is 5.37. The number of rotatable bonds is 3. The molecular formula is C16H24F3N5O2. The SMILES string of the molecule is CN(C)c1cc(C(F)(F)F)nc(N2CCC(NC(=O)OC(C)(C)C)C2)n1. The third-order valence-corrected chi connectivity index (χ3v) is 3.64. The summed E-state index contributed by atoms with van der Waals surface area (Å²) in [5.74, 6) is 0.169. The Labute approximate surface area is 150 Å². The Kier molecular flexibility index (Phi) is 5.52. The van der Waals surface area contributed by atoms with Crippen LogP contribution in [-0.4, -0.2) is 54.9 Å². The van der Waals surface area contributed by atoms with Gasteiger partial charge in [-0.1, -0.05) is 0 Å². The molecule has 1 aromatic heterocycles. The highest BCUT2D eigenvalue weighted by molar-refractivity contribution is 5.68. The molecule has 1 saturated heterocycles. The van der Waals surface area contributed by atoms with E-state index in [1.54, 1.807) is 39.8 Å². The fourth-order valence-corrected chi connectivity index (χ4v) is 2.47. The van der Waals surface area contributed by atoms with Gasteiger partial charge in [0.1, 0.15) is 11.4 Å². The van der Waals surface area contributed by atoms with Crippen molar-refractivity contribution in [2.75, 3.05) is 37.0 Å². The number of ether oxygens (including phenoxy) is 1. The maximum Gasteiger partial charge on any atom is 0.433 e. The van der Waals surface area contributed by atoms with Crippen molar-refractivity contribution in [3.8, 4) is 0 Å². The first-order chi connectivity index (χ1) is 11.8. The lowest BCUT2D eigenvalue weighted by molar-refractivity contribution is -0.141. The first kappa shape index (κ1) is 20.1. The van der Waals surface area contributed by atoms with Crippen molar-refractivity contribution >= 4 is 17.9 Å². The number of carbonyl (C=O) groups excluding carboxylic acids is 1. The summed E-state index contributed by atoms with van der Waals surface area (Å²) in [6.07, 6.45) is -4.55. The summed E-state index contributed by atoms with van der Waals surface area (Å²) in [5.41, 5.74) is -1.61. The summed E-state index contributed by atoms with van der Waals surface area (Å²) in [4.78, 5) is 22.8. The van der Waals surface area contributed by atoms with Gasteiger partial charge in [-0.3, -0.25) is 0 Å². The molecule has 1 unspecified atom stereocenters. The highest BCUT2D eigenvalue weighted by Gasteiger charge is 2.35. The molecule has 146 valence electrons. The minimum absolute atomic E-state index is 0.00277. The smallest absolute Gasteiger partial charge is 0.433 e. The van der Waals surface area contributed by atoms with Gasteiger partial charge in [0, 0.05) is 33.3 Å². The number of nitrogens with one attached hydrogen (secondary N) is 1. The number of halogens is 3. The fraction of sp³-hybridized carbons (Fsp3) is 0.688. The number of nitrogens with zero attached hydrogens (tertiary/aromatic N) is 4. The van der Waals surface area contributed by atoms with E-state index >= 15 is 0 Å². The standard InChI is InChI=1S/C16H24F3N5O2/c1-15(2,3)26-14(25)20-10-6-7-24(9-10)13-21-11(16(17,18)19)8-12(22-13)23(4)5/h8,10H,6-7,9H2,1-5H3,(H,20,25). The maximum atomic E-state index is 13.1. The van der Waals surface area contributed by atoms with Crippen molar-refractivity contribution in [3.63, 3.8) is 0 Å². The van der Waals surface area contributed by atoms with Crippen molar-refractivity contribution in [1.82, 2.24) is 15.3 Å². The number of anilines is 2. The van der Waals surface area contributed by atoms with Gasteiger partial charge < -0.3 is 19.9 Å². The van der Waals surface area contributed by atoms with Crippen LogP contribution in [-0.2, 0) is 10.9 Å². The average molecular weight is 375 g/mol. The second-order valence-corrected chi connectivity index (χ2v) is 7.38. The summed E-state index contributed by atoms with van der Waals surface area (Å²) in [7, 11) is 3.23. The molecule has 1 amide bonds. The van der Waals surface area contributed by atoms with Crippen LogP contribution >= 0.6 is 0 Å². The van der Waals surface area contributed by atoms with E-state index < -0.39 is 23.6 Å². The van der Waals surface area contributed by atoms with Crippen LogP contribution in [0.2, 0.25) is 0 Å². The van der Waals surface area contributed by atoms with Gasteiger partial charge in [-0.2, -0.15) is 18.2 Å². The lowest BCUT2D eigenvalue weighted by atomic mass is 10.2. The first-order valence-electron chi connectivity index (χ1n) is 8.23. The van der Waals surface area contributed by atoms with Gasteiger partial charge in [0.05, 0.1) is 6.04 Å². The number of alkyl halides is 3. The molecule has 0 bridgehead atoms. The normalized spacial score (nSPS) is 18.0. The van der Waals surface area contributed by atoms with Crippen LogP contribution < -0.4 is 15.1 Å². The first-order valence-corrected chi connectivity index (χ1v) is 8.23. The average Bonchev–Trinajstić information content (AvgIpc) is 2.92. The molecule has 0 spiro atoms. The number of aromatic nitrogens is 2. The van der Waals surface area contributed by atoms with Gasteiger partial charge >= 0.3 is 12.3 Å². The molecule has 0 aliphatic carbocycles. The summed E-state index contributed by atoms with van der Waals surface area (Å²) >= 11 is 0. The molecule has 1 aromatic rings. The Balaban J connectivity index is 2.12. The number of hydrogen-bond donors (Lipinski definition) is 1. The van der Waals surface area contributed by atoms with Crippen molar-refractivity contribution in [2.45, 2.75) is 45.0 Å². The van der Waals surface area contributed by atoms with Crippen molar-refractivity contribution in [3.05, 3.63) is 11.8 Å². The van der Waals surface area contributed by atoms with Crippen LogP contribution in [0.4, 0.5) is 29.7 Å². The number of carbonyl (C=O) groups is 1. The molecule has 2 rings (SSSR count). The zero-order valence-corrected chi connectivity index (χ0v) is 15.5. The summed E-state index contributed by atoms with van der Waals surface area (Å²) in [6.45, 7) is 6.02. The van der Waals surface area contributed by atoms with Crippen LogP contribution in [0, 0.1) is 0 Å². The second-order valence-electron chi connectivity index (χ2n) is 7.38. The molecule has 7 nitrogen and oxygen atoms in total. The summed E-state index contributed by atoms with van der Waals surface area (Å²) < 4.78 is 44.5. The van der Waals surface area contributed by atoms with Crippen LogP contribution in [0.15, 0.2) is 6.07 Å². The molecule has 26 heavy (non-hydrogen) atoms. The lowest BCUT2D eigenvalue weighted by Crippen LogP contribution is -2.40. The van der Waals surface area contributed by atoms with E-state index in [0.717, 1.165) is 6.07 Å². The molecule has 1 fully saturated rings. The number of alkyl carbamates (subject to hydrolysis) is 1.